The van der Waals surface area contributed by atoms with Gasteiger partial charge in [-0.25, -0.2) is 9.50 Å². The van der Waals surface area contributed by atoms with Gasteiger partial charge in [0.1, 0.15) is 11.8 Å². The van der Waals surface area contributed by atoms with Crippen molar-refractivity contribution in [1.29, 1.82) is 0 Å². The highest BCUT2D eigenvalue weighted by Crippen LogP contribution is 2.37. The van der Waals surface area contributed by atoms with Gasteiger partial charge < -0.3 is 15.4 Å². The lowest BCUT2D eigenvalue weighted by molar-refractivity contribution is -0.130. The smallest absolute Gasteiger partial charge is 0.219 e. The molecule has 2 aliphatic rings. The SMILES string of the molecule is CC(=O)N1CCN(C(C)c2cccc(-c3cc(-c4ccnn4C4CCOCC4)c4c(N)ncnn34)c2)CC1. The molecule has 1 aromatic carbocycles. The first-order valence-electron chi connectivity index (χ1n) is 13.3. The van der Waals surface area contributed by atoms with Gasteiger partial charge in [-0.3, -0.25) is 14.4 Å². The second kappa shape index (κ2) is 10.2. The molecule has 0 spiro atoms. The number of hydrogen-bond acceptors (Lipinski definition) is 7. The molecule has 10 heteroatoms. The predicted molar refractivity (Wildman–Crippen MR) is 145 cm³/mol. The normalized spacial score (nSPS) is 18.2. The number of nitrogens with zero attached hydrogens (tertiary/aromatic N) is 7. The summed E-state index contributed by atoms with van der Waals surface area (Å²) in [5.41, 5.74) is 12.5. The number of nitrogen functional groups attached to an aromatic ring is 1. The highest BCUT2D eigenvalue weighted by Gasteiger charge is 2.26. The summed E-state index contributed by atoms with van der Waals surface area (Å²) in [6.45, 7) is 8.62. The van der Waals surface area contributed by atoms with Crippen LogP contribution in [0.4, 0.5) is 5.82 Å². The summed E-state index contributed by atoms with van der Waals surface area (Å²) in [5, 5.41) is 9.29. The van der Waals surface area contributed by atoms with E-state index < -0.39 is 0 Å². The zero-order valence-electron chi connectivity index (χ0n) is 22.0. The quantitative estimate of drug-likeness (QED) is 0.435. The summed E-state index contributed by atoms with van der Waals surface area (Å²) < 4.78 is 9.58. The molecule has 1 atom stereocenters. The van der Waals surface area contributed by atoms with E-state index in [1.54, 1.807) is 6.92 Å². The lowest BCUT2D eigenvalue weighted by atomic mass is 10.0. The van der Waals surface area contributed by atoms with Gasteiger partial charge in [-0.05, 0) is 43.5 Å². The first-order chi connectivity index (χ1) is 18.5. The zero-order valence-corrected chi connectivity index (χ0v) is 22.0. The fourth-order valence-electron chi connectivity index (χ4n) is 5.81. The number of piperazine rings is 1. The topological polar surface area (TPSA) is 107 Å². The average Bonchev–Trinajstić information content (AvgIpc) is 3.59. The van der Waals surface area contributed by atoms with Crippen LogP contribution in [-0.2, 0) is 9.53 Å². The molecule has 2 aliphatic heterocycles. The monoisotopic (exact) mass is 514 g/mol. The van der Waals surface area contributed by atoms with Gasteiger partial charge in [0, 0.05) is 69.7 Å². The summed E-state index contributed by atoms with van der Waals surface area (Å²) in [4.78, 5) is 20.4. The van der Waals surface area contributed by atoms with E-state index in [1.165, 1.54) is 11.9 Å². The third-order valence-electron chi connectivity index (χ3n) is 8.04. The van der Waals surface area contributed by atoms with Crippen LogP contribution in [0.1, 0.15) is 44.3 Å². The van der Waals surface area contributed by atoms with Crippen LogP contribution in [0.2, 0.25) is 0 Å². The maximum atomic E-state index is 11.8. The molecule has 1 amide bonds. The van der Waals surface area contributed by atoms with Gasteiger partial charge >= 0.3 is 0 Å². The maximum Gasteiger partial charge on any atom is 0.219 e. The molecule has 6 rings (SSSR count). The number of ether oxygens (including phenoxy) is 1. The fourth-order valence-corrected chi connectivity index (χ4v) is 5.81. The van der Waals surface area contributed by atoms with Crippen molar-refractivity contribution in [3.05, 3.63) is 54.5 Å². The van der Waals surface area contributed by atoms with E-state index in [2.05, 4.69) is 62.0 Å². The van der Waals surface area contributed by atoms with Crippen LogP contribution in [0, 0.1) is 0 Å². The second-order valence-electron chi connectivity index (χ2n) is 10.2. The number of aromatic nitrogens is 5. The molecule has 2 N–H and O–H groups in total. The first kappa shape index (κ1) is 24.6. The molecule has 38 heavy (non-hydrogen) atoms. The van der Waals surface area contributed by atoms with Crippen molar-refractivity contribution in [3.8, 4) is 22.5 Å². The minimum atomic E-state index is 0.148. The molecule has 2 saturated heterocycles. The van der Waals surface area contributed by atoms with Crippen LogP contribution < -0.4 is 5.73 Å². The molecule has 10 nitrogen and oxygen atoms in total. The molecule has 2 fully saturated rings. The van der Waals surface area contributed by atoms with E-state index in [-0.39, 0.29) is 18.0 Å². The van der Waals surface area contributed by atoms with Gasteiger partial charge in [0.25, 0.3) is 0 Å². The number of rotatable bonds is 5. The number of amides is 1. The number of benzene rings is 1. The third kappa shape index (κ3) is 4.43. The van der Waals surface area contributed by atoms with E-state index in [1.807, 2.05) is 21.7 Å². The average molecular weight is 515 g/mol. The minimum Gasteiger partial charge on any atom is -0.382 e. The van der Waals surface area contributed by atoms with Crippen LogP contribution in [0.5, 0.6) is 0 Å². The van der Waals surface area contributed by atoms with Crippen molar-refractivity contribution >= 4 is 17.2 Å². The Morgan fingerprint density at radius 1 is 1.05 bits per heavy atom. The second-order valence-corrected chi connectivity index (χ2v) is 10.2. The van der Waals surface area contributed by atoms with E-state index >= 15 is 0 Å². The van der Waals surface area contributed by atoms with Crippen molar-refractivity contribution < 1.29 is 9.53 Å². The molecular formula is C28H34N8O2. The highest BCUT2D eigenvalue weighted by atomic mass is 16.5. The Morgan fingerprint density at radius 2 is 1.84 bits per heavy atom. The lowest BCUT2D eigenvalue weighted by Crippen LogP contribution is -2.48. The standard InChI is InChI=1S/C28H34N8O2/c1-19(33-10-12-34(13-11-33)20(2)37)21-4-3-5-22(16-21)26-17-24(27-28(29)30-18-32-36(26)27)25-6-9-31-35(25)23-7-14-38-15-8-23/h3-6,9,16-19,23H,7-8,10-15H2,1-2H3,(H2,29,30,32). The minimum absolute atomic E-state index is 0.148. The summed E-state index contributed by atoms with van der Waals surface area (Å²) in [7, 11) is 0. The van der Waals surface area contributed by atoms with Gasteiger partial charge in [0.15, 0.2) is 5.82 Å². The number of carbonyl (C=O) groups is 1. The Labute approximate surface area is 222 Å². The Balaban J connectivity index is 1.37. The molecular weight excluding hydrogens is 480 g/mol. The molecule has 0 aliphatic carbocycles. The first-order valence-corrected chi connectivity index (χ1v) is 13.3. The van der Waals surface area contributed by atoms with E-state index in [0.717, 1.165) is 80.3 Å². The van der Waals surface area contributed by atoms with E-state index in [9.17, 15) is 4.79 Å². The summed E-state index contributed by atoms with van der Waals surface area (Å²) in [6.07, 6.45) is 5.22. The molecule has 1 unspecified atom stereocenters. The van der Waals surface area contributed by atoms with E-state index in [4.69, 9.17) is 10.5 Å². The maximum absolute atomic E-state index is 11.8. The summed E-state index contributed by atoms with van der Waals surface area (Å²) >= 11 is 0. The molecule has 3 aromatic heterocycles. The third-order valence-corrected chi connectivity index (χ3v) is 8.04. The molecule has 0 saturated carbocycles. The largest absolute Gasteiger partial charge is 0.382 e. The Kier molecular flexibility index (Phi) is 6.59. The summed E-state index contributed by atoms with van der Waals surface area (Å²) in [5.74, 6) is 0.587. The Morgan fingerprint density at radius 3 is 2.61 bits per heavy atom. The Hall–Kier alpha value is -3.76. The van der Waals surface area contributed by atoms with Crippen LogP contribution in [0.3, 0.4) is 0 Å². The Bertz CT molecular complexity index is 1450. The van der Waals surface area contributed by atoms with E-state index in [0.29, 0.717) is 5.82 Å². The number of nitrogens with two attached hydrogens (primary N) is 1. The summed E-state index contributed by atoms with van der Waals surface area (Å²) in [6, 6.07) is 13.3. The van der Waals surface area contributed by atoms with Crippen molar-refractivity contribution in [3.63, 3.8) is 0 Å². The highest BCUT2D eigenvalue weighted by molar-refractivity contribution is 5.91. The number of carbonyl (C=O) groups excluding carboxylic acids is 1. The van der Waals surface area contributed by atoms with Crippen molar-refractivity contribution in [1.82, 2.24) is 34.2 Å². The zero-order chi connectivity index (χ0) is 26.2. The van der Waals surface area contributed by atoms with Gasteiger partial charge in [-0.15, -0.1) is 0 Å². The number of hydrogen-bond donors (Lipinski definition) is 1. The predicted octanol–water partition coefficient (Wildman–Crippen LogP) is 3.42. The van der Waals surface area contributed by atoms with Crippen LogP contribution in [0.15, 0.2) is 48.9 Å². The number of anilines is 1. The molecule has 0 bridgehead atoms. The molecule has 4 aromatic rings. The van der Waals surface area contributed by atoms with Gasteiger partial charge in [0.2, 0.25) is 5.91 Å². The van der Waals surface area contributed by atoms with Crippen molar-refractivity contribution in [2.45, 2.75) is 38.8 Å². The molecule has 0 radical (unpaired) electrons. The van der Waals surface area contributed by atoms with Crippen LogP contribution >= 0.6 is 0 Å². The van der Waals surface area contributed by atoms with Crippen molar-refractivity contribution in [2.75, 3.05) is 45.1 Å². The van der Waals surface area contributed by atoms with Crippen molar-refractivity contribution in [2.24, 2.45) is 0 Å². The van der Waals surface area contributed by atoms with Gasteiger partial charge in [-0.2, -0.15) is 10.2 Å². The van der Waals surface area contributed by atoms with Gasteiger partial charge in [0.05, 0.1) is 17.4 Å². The fraction of sp³-hybridized carbons (Fsp3) is 0.429. The number of fused-ring (bicyclic) bond motifs is 1. The molecule has 198 valence electrons. The lowest BCUT2D eigenvalue weighted by Gasteiger charge is -2.38. The van der Waals surface area contributed by atoms with Crippen LogP contribution in [-0.4, -0.2) is 79.5 Å². The van der Waals surface area contributed by atoms with Gasteiger partial charge in [-0.1, -0.05) is 18.2 Å². The van der Waals surface area contributed by atoms with Crippen LogP contribution in [0.25, 0.3) is 28.0 Å². The molecule has 5 heterocycles.